The highest BCUT2D eigenvalue weighted by molar-refractivity contribution is 5.78. The van der Waals surface area contributed by atoms with E-state index >= 15 is 0 Å². The lowest BCUT2D eigenvalue weighted by atomic mass is 9.69. The smallest absolute Gasteiger partial charge is 0.303 e. The maximum absolute atomic E-state index is 12.4. The molecular weight excluding hydrogens is 322 g/mol. The van der Waals surface area contributed by atoms with E-state index < -0.39 is 11.4 Å². The molecule has 1 fully saturated rings. The molecule has 3 rings (SSSR count). The third-order valence-corrected chi connectivity index (χ3v) is 5.07. The lowest BCUT2D eigenvalue weighted by molar-refractivity contribution is -0.141. The first-order valence-electron chi connectivity index (χ1n) is 8.93. The van der Waals surface area contributed by atoms with Gasteiger partial charge >= 0.3 is 5.97 Å². The Bertz CT molecular complexity index is 624. The highest BCUT2D eigenvalue weighted by Crippen LogP contribution is 2.42. The maximum Gasteiger partial charge on any atom is 0.303 e. The Morgan fingerprint density at radius 1 is 1.12 bits per heavy atom. The molecular formula is C19H25NO5. The van der Waals surface area contributed by atoms with Crippen molar-refractivity contribution in [3.05, 3.63) is 24.3 Å². The van der Waals surface area contributed by atoms with Gasteiger partial charge in [0.05, 0.1) is 13.0 Å². The molecule has 1 aliphatic carbocycles. The summed E-state index contributed by atoms with van der Waals surface area (Å²) in [6.45, 7) is 0.744. The van der Waals surface area contributed by atoms with Crippen molar-refractivity contribution in [2.45, 2.75) is 51.0 Å². The van der Waals surface area contributed by atoms with Crippen LogP contribution in [0.15, 0.2) is 24.3 Å². The summed E-state index contributed by atoms with van der Waals surface area (Å²) in [7, 11) is 0. The van der Waals surface area contributed by atoms with E-state index in [1.54, 1.807) is 0 Å². The van der Waals surface area contributed by atoms with Crippen LogP contribution >= 0.6 is 0 Å². The van der Waals surface area contributed by atoms with Gasteiger partial charge in [-0.3, -0.25) is 9.59 Å². The van der Waals surface area contributed by atoms with Gasteiger partial charge in [-0.2, -0.15) is 0 Å². The molecule has 0 radical (unpaired) electrons. The molecule has 6 nitrogen and oxygen atoms in total. The predicted octanol–water partition coefficient (Wildman–Crippen LogP) is 2.76. The summed E-state index contributed by atoms with van der Waals surface area (Å²) in [5, 5.41) is 12.1. The van der Waals surface area contributed by atoms with Crippen molar-refractivity contribution in [3.63, 3.8) is 0 Å². The number of amides is 1. The normalized spacial score (nSPS) is 21.4. The van der Waals surface area contributed by atoms with E-state index in [9.17, 15) is 14.7 Å². The number of aliphatic carboxylic acids is 1. The van der Waals surface area contributed by atoms with Crippen LogP contribution in [-0.4, -0.2) is 36.2 Å². The minimum atomic E-state index is -0.824. The van der Waals surface area contributed by atoms with E-state index in [1.807, 2.05) is 24.3 Å². The quantitative estimate of drug-likeness (QED) is 0.826. The van der Waals surface area contributed by atoms with Gasteiger partial charge in [0.25, 0.3) is 0 Å². The van der Waals surface area contributed by atoms with Crippen LogP contribution in [0.2, 0.25) is 0 Å². The number of hydrogen-bond acceptors (Lipinski definition) is 4. The largest absolute Gasteiger partial charge is 0.486 e. The van der Waals surface area contributed by atoms with Gasteiger partial charge in [0.15, 0.2) is 11.5 Å². The van der Waals surface area contributed by atoms with E-state index in [1.165, 1.54) is 0 Å². The number of carbonyl (C=O) groups excluding carboxylic acids is 1. The minimum absolute atomic E-state index is 0.0663. The van der Waals surface area contributed by atoms with Crippen molar-refractivity contribution in [1.29, 1.82) is 0 Å². The standard InChI is InChI=1S/C19H25NO5/c21-17(10-19(11-18(22)23)8-4-1-5-9-19)20-12-14-13-24-15-6-2-3-7-16(15)25-14/h2-3,6-7,14H,1,4-5,8-13H2,(H,20,21)(H,22,23). The minimum Gasteiger partial charge on any atom is -0.486 e. The first-order valence-corrected chi connectivity index (χ1v) is 8.93. The zero-order valence-corrected chi connectivity index (χ0v) is 14.3. The van der Waals surface area contributed by atoms with E-state index in [0.717, 1.165) is 32.1 Å². The molecule has 6 heteroatoms. The van der Waals surface area contributed by atoms with E-state index in [0.29, 0.717) is 24.7 Å². The summed E-state index contributed by atoms with van der Waals surface area (Å²) >= 11 is 0. The maximum atomic E-state index is 12.4. The molecule has 1 amide bonds. The molecule has 0 aromatic heterocycles. The van der Waals surface area contributed by atoms with E-state index in [4.69, 9.17) is 9.47 Å². The SMILES string of the molecule is O=C(O)CC1(CC(=O)NCC2COc3ccccc3O2)CCCCC1. The van der Waals surface area contributed by atoms with Crippen LogP contribution in [0.25, 0.3) is 0 Å². The average molecular weight is 347 g/mol. The van der Waals surface area contributed by atoms with Gasteiger partial charge < -0.3 is 19.9 Å². The summed E-state index contributed by atoms with van der Waals surface area (Å²) in [6.07, 6.45) is 4.83. The number of nitrogens with one attached hydrogen (secondary N) is 1. The predicted molar refractivity (Wildman–Crippen MR) is 91.8 cm³/mol. The van der Waals surface area contributed by atoms with Crippen LogP contribution in [-0.2, 0) is 9.59 Å². The van der Waals surface area contributed by atoms with Gasteiger partial charge in [-0.1, -0.05) is 31.4 Å². The topological polar surface area (TPSA) is 84.9 Å². The second-order valence-corrected chi connectivity index (χ2v) is 7.11. The number of hydrogen-bond donors (Lipinski definition) is 2. The average Bonchev–Trinajstić information content (AvgIpc) is 2.60. The third-order valence-electron chi connectivity index (χ3n) is 5.07. The summed E-state index contributed by atoms with van der Waals surface area (Å²) < 4.78 is 11.5. The van der Waals surface area contributed by atoms with Gasteiger partial charge in [-0.15, -0.1) is 0 Å². The Morgan fingerprint density at radius 3 is 2.56 bits per heavy atom. The molecule has 1 saturated carbocycles. The molecule has 1 unspecified atom stereocenters. The number of para-hydroxylation sites is 2. The Balaban J connectivity index is 1.51. The third kappa shape index (κ3) is 4.65. The molecule has 1 aliphatic heterocycles. The van der Waals surface area contributed by atoms with Crippen LogP contribution in [0.4, 0.5) is 0 Å². The van der Waals surface area contributed by atoms with Gasteiger partial charge in [-0.25, -0.2) is 0 Å². The summed E-state index contributed by atoms with van der Waals surface area (Å²) in [4.78, 5) is 23.6. The fourth-order valence-electron chi connectivity index (χ4n) is 3.83. The van der Waals surface area contributed by atoms with Gasteiger partial charge in [0.1, 0.15) is 12.7 Å². The number of rotatable bonds is 6. The zero-order valence-electron chi connectivity index (χ0n) is 14.3. The molecule has 0 saturated heterocycles. The fraction of sp³-hybridized carbons (Fsp3) is 0.579. The van der Waals surface area contributed by atoms with Crippen molar-refractivity contribution in [2.75, 3.05) is 13.2 Å². The highest BCUT2D eigenvalue weighted by Gasteiger charge is 2.36. The highest BCUT2D eigenvalue weighted by atomic mass is 16.6. The summed E-state index contributed by atoms with van der Waals surface area (Å²) in [6, 6.07) is 7.45. The summed E-state index contributed by atoms with van der Waals surface area (Å²) in [5.74, 6) is 0.469. The first-order chi connectivity index (χ1) is 12.1. The molecule has 1 heterocycles. The van der Waals surface area contributed by atoms with Crippen LogP contribution in [0.3, 0.4) is 0 Å². The van der Waals surface area contributed by atoms with E-state index in [2.05, 4.69) is 5.32 Å². The van der Waals surface area contributed by atoms with Crippen LogP contribution in [0.1, 0.15) is 44.9 Å². The lowest BCUT2D eigenvalue weighted by Gasteiger charge is -2.35. The van der Waals surface area contributed by atoms with Gasteiger partial charge in [-0.05, 0) is 30.4 Å². The fourth-order valence-corrected chi connectivity index (χ4v) is 3.83. The van der Waals surface area contributed by atoms with Gasteiger partial charge in [0.2, 0.25) is 5.91 Å². The van der Waals surface area contributed by atoms with Crippen molar-refractivity contribution >= 4 is 11.9 Å². The molecule has 1 atom stereocenters. The first kappa shape index (κ1) is 17.6. The molecule has 1 aromatic carbocycles. The Hall–Kier alpha value is -2.24. The monoisotopic (exact) mass is 347 g/mol. The molecule has 1 aromatic rings. The molecule has 2 aliphatic rings. The van der Waals surface area contributed by atoms with Crippen LogP contribution < -0.4 is 14.8 Å². The van der Waals surface area contributed by atoms with Gasteiger partial charge in [0, 0.05) is 6.42 Å². The van der Waals surface area contributed by atoms with Crippen molar-refractivity contribution in [3.8, 4) is 11.5 Å². The second kappa shape index (κ2) is 7.76. The number of fused-ring (bicyclic) bond motifs is 1. The zero-order chi connectivity index (χ0) is 17.7. The summed E-state index contributed by atoms with van der Waals surface area (Å²) in [5.41, 5.74) is -0.398. The van der Waals surface area contributed by atoms with Crippen LogP contribution in [0.5, 0.6) is 11.5 Å². The van der Waals surface area contributed by atoms with E-state index in [-0.39, 0.29) is 24.9 Å². The lowest BCUT2D eigenvalue weighted by Crippen LogP contribution is -2.42. The number of carbonyl (C=O) groups is 2. The molecule has 136 valence electrons. The number of carboxylic acid groups (broad SMARTS) is 1. The van der Waals surface area contributed by atoms with Crippen molar-refractivity contribution in [1.82, 2.24) is 5.32 Å². The van der Waals surface area contributed by atoms with Crippen molar-refractivity contribution in [2.24, 2.45) is 5.41 Å². The number of ether oxygens (including phenoxy) is 2. The van der Waals surface area contributed by atoms with Crippen molar-refractivity contribution < 1.29 is 24.2 Å². The Morgan fingerprint density at radius 2 is 1.84 bits per heavy atom. The number of benzene rings is 1. The van der Waals surface area contributed by atoms with Crippen LogP contribution in [0, 0.1) is 5.41 Å². The molecule has 25 heavy (non-hydrogen) atoms. The number of carboxylic acids is 1. The molecule has 2 N–H and O–H groups in total. The molecule has 0 bridgehead atoms. The Kier molecular flexibility index (Phi) is 5.46. The molecule has 0 spiro atoms. The Labute approximate surface area is 147 Å². The second-order valence-electron chi connectivity index (χ2n) is 7.11.